The van der Waals surface area contributed by atoms with Gasteiger partial charge in [-0.2, -0.15) is 0 Å². The fourth-order valence-corrected chi connectivity index (χ4v) is 3.37. The topological polar surface area (TPSA) is 49.4 Å². The minimum Gasteiger partial charge on any atom is -0.338 e. The summed E-state index contributed by atoms with van der Waals surface area (Å²) < 4.78 is 0.959. The number of carbonyl (C=O) groups is 2. The zero-order valence-electron chi connectivity index (χ0n) is 15.0. The van der Waals surface area contributed by atoms with Crippen LogP contribution in [0.5, 0.6) is 0 Å². The molecule has 0 saturated carbocycles. The highest BCUT2D eigenvalue weighted by Crippen LogP contribution is 2.23. The molecule has 3 rings (SSSR count). The van der Waals surface area contributed by atoms with Crippen LogP contribution in [0.3, 0.4) is 0 Å². The van der Waals surface area contributed by atoms with E-state index in [2.05, 4.69) is 59.4 Å². The third-order valence-corrected chi connectivity index (χ3v) is 5.25. The van der Waals surface area contributed by atoms with Crippen LogP contribution in [0.2, 0.25) is 0 Å². The second kappa shape index (κ2) is 8.04. The fourth-order valence-electron chi connectivity index (χ4n) is 3.11. The van der Waals surface area contributed by atoms with Crippen LogP contribution in [0.25, 0.3) is 0 Å². The van der Waals surface area contributed by atoms with Crippen molar-refractivity contribution in [2.75, 3.05) is 11.9 Å². The molecule has 1 fully saturated rings. The molecule has 1 heterocycles. The van der Waals surface area contributed by atoms with Gasteiger partial charge in [0.25, 0.3) is 0 Å². The first-order chi connectivity index (χ1) is 12.4. The maximum Gasteiger partial charge on any atom is 0.229 e. The summed E-state index contributed by atoms with van der Waals surface area (Å²) in [5.41, 5.74) is 3.12. The number of amides is 2. The smallest absolute Gasteiger partial charge is 0.229 e. The monoisotopic (exact) mass is 414 g/mol. The van der Waals surface area contributed by atoms with E-state index in [-0.39, 0.29) is 24.2 Å². The van der Waals surface area contributed by atoms with Gasteiger partial charge in [-0.25, -0.2) is 0 Å². The zero-order valence-corrected chi connectivity index (χ0v) is 16.6. The van der Waals surface area contributed by atoms with E-state index in [1.165, 1.54) is 5.56 Å². The zero-order chi connectivity index (χ0) is 18.7. The highest BCUT2D eigenvalue weighted by atomic mass is 79.9. The molecule has 4 nitrogen and oxygen atoms in total. The molecule has 5 heteroatoms. The normalized spacial score (nSPS) is 17.0. The molecule has 1 saturated heterocycles. The molecule has 0 aliphatic carbocycles. The molecule has 2 amide bonds. The number of halogens is 1. The van der Waals surface area contributed by atoms with Crippen LogP contribution >= 0.6 is 15.9 Å². The highest BCUT2D eigenvalue weighted by Gasteiger charge is 2.34. The lowest BCUT2D eigenvalue weighted by Crippen LogP contribution is -2.28. The Bertz CT molecular complexity index is 785. The summed E-state index contributed by atoms with van der Waals surface area (Å²) in [4.78, 5) is 26.5. The summed E-state index contributed by atoms with van der Waals surface area (Å²) in [7, 11) is 0. The number of rotatable bonds is 5. The Balaban J connectivity index is 1.59. The summed E-state index contributed by atoms with van der Waals surface area (Å²) >= 11 is 3.37. The number of nitrogens with one attached hydrogen (secondary N) is 1. The van der Waals surface area contributed by atoms with Crippen molar-refractivity contribution in [2.45, 2.75) is 32.7 Å². The quantitative estimate of drug-likeness (QED) is 0.779. The Hall–Kier alpha value is -2.14. The van der Waals surface area contributed by atoms with Gasteiger partial charge in [0, 0.05) is 29.7 Å². The maximum absolute atomic E-state index is 12.5. The van der Waals surface area contributed by atoms with E-state index in [0.717, 1.165) is 15.7 Å². The molecule has 1 N–H and O–H groups in total. The molecule has 2 aromatic carbocycles. The Labute approximate surface area is 162 Å². The summed E-state index contributed by atoms with van der Waals surface area (Å²) in [6.07, 6.45) is 0.270. The van der Waals surface area contributed by atoms with Crippen molar-refractivity contribution >= 4 is 33.4 Å². The van der Waals surface area contributed by atoms with Crippen molar-refractivity contribution in [3.8, 4) is 0 Å². The molecule has 1 atom stereocenters. The number of carbonyl (C=O) groups excluding carboxylic acids is 2. The van der Waals surface area contributed by atoms with Crippen molar-refractivity contribution in [1.29, 1.82) is 0 Å². The molecule has 1 aliphatic rings. The van der Waals surface area contributed by atoms with E-state index in [9.17, 15) is 9.59 Å². The standard InChI is InChI=1S/C21H23BrN2O2/c1-14(2)16-5-3-15(4-6-16)12-24-13-17(11-20(24)25)21(26)23-19-9-7-18(22)8-10-19/h3-10,14,17H,11-13H2,1-2H3,(H,23,26). The molecular weight excluding hydrogens is 392 g/mol. The van der Waals surface area contributed by atoms with Crippen molar-refractivity contribution in [2.24, 2.45) is 5.92 Å². The van der Waals surface area contributed by atoms with E-state index in [1.54, 1.807) is 4.90 Å². The molecule has 136 valence electrons. The van der Waals surface area contributed by atoms with Crippen LogP contribution in [0, 0.1) is 5.92 Å². The van der Waals surface area contributed by atoms with Crippen molar-refractivity contribution < 1.29 is 9.59 Å². The van der Waals surface area contributed by atoms with Gasteiger partial charge < -0.3 is 10.2 Å². The van der Waals surface area contributed by atoms with Gasteiger partial charge in [-0.15, -0.1) is 0 Å². The molecule has 2 aromatic rings. The molecule has 26 heavy (non-hydrogen) atoms. The van der Waals surface area contributed by atoms with E-state index in [1.807, 2.05) is 24.3 Å². The van der Waals surface area contributed by atoms with Crippen molar-refractivity contribution in [1.82, 2.24) is 4.90 Å². The summed E-state index contributed by atoms with van der Waals surface area (Å²) in [6, 6.07) is 15.8. The first-order valence-corrected chi connectivity index (χ1v) is 9.64. The highest BCUT2D eigenvalue weighted by molar-refractivity contribution is 9.10. The lowest BCUT2D eigenvalue weighted by molar-refractivity contribution is -0.128. The van der Waals surface area contributed by atoms with Crippen molar-refractivity contribution in [3.05, 3.63) is 64.1 Å². The van der Waals surface area contributed by atoms with E-state index < -0.39 is 0 Å². The SMILES string of the molecule is CC(C)c1ccc(CN2CC(C(=O)Nc3ccc(Br)cc3)CC2=O)cc1. The molecule has 0 aromatic heterocycles. The van der Waals surface area contributed by atoms with Gasteiger partial charge in [0.05, 0.1) is 5.92 Å². The molecule has 0 radical (unpaired) electrons. The van der Waals surface area contributed by atoms with Crippen LogP contribution in [0.15, 0.2) is 53.0 Å². The predicted octanol–water partition coefficient (Wildman–Crippen LogP) is 4.56. The Kier molecular flexibility index (Phi) is 5.77. The van der Waals surface area contributed by atoms with E-state index >= 15 is 0 Å². The summed E-state index contributed by atoms with van der Waals surface area (Å²) in [5.74, 6) is 0.123. The van der Waals surface area contributed by atoms with Gasteiger partial charge >= 0.3 is 0 Å². The minimum atomic E-state index is -0.305. The second-order valence-electron chi connectivity index (χ2n) is 7.07. The van der Waals surface area contributed by atoms with Gasteiger partial charge in [0.15, 0.2) is 0 Å². The van der Waals surface area contributed by atoms with E-state index in [4.69, 9.17) is 0 Å². The molecule has 0 bridgehead atoms. The maximum atomic E-state index is 12.5. The lowest BCUT2D eigenvalue weighted by Gasteiger charge is -2.17. The lowest BCUT2D eigenvalue weighted by atomic mass is 10.0. The first kappa shape index (κ1) is 18.6. The summed E-state index contributed by atoms with van der Waals surface area (Å²) in [6.45, 7) is 5.34. The van der Waals surface area contributed by atoms with Crippen LogP contribution < -0.4 is 5.32 Å². The first-order valence-electron chi connectivity index (χ1n) is 8.85. The fraction of sp³-hybridized carbons (Fsp3) is 0.333. The van der Waals surface area contributed by atoms with Gasteiger partial charge in [0.2, 0.25) is 11.8 Å². The molecule has 0 spiro atoms. The molecular formula is C21H23BrN2O2. The Morgan fingerprint density at radius 1 is 1.15 bits per heavy atom. The van der Waals surface area contributed by atoms with Crippen molar-refractivity contribution in [3.63, 3.8) is 0 Å². The number of hydrogen-bond acceptors (Lipinski definition) is 2. The summed E-state index contributed by atoms with van der Waals surface area (Å²) in [5, 5.41) is 2.90. The van der Waals surface area contributed by atoms with Crippen LogP contribution in [-0.2, 0) is 16.1 Å². The van der Waals surface area contributed by atoms with Crippen LogP contribution in [-0.4, -0.2) is 23.3 Å². The number of likely N-dealkylation sites (tertiary alicyclic amines) is 1. The number of nitrogens with zero attached hydrogens (tertiary/aromatic N) is 1. The minimum absolute atomic E-state index is 0.0360. The van der Waals surface area contributed by atoms with Gasteiger partial charge in [-0.3, -0.25) is 9.59 Å². The van der Waals surface area contributed by atoms with Crippen LogP contribution in [0.4, 0.5) is 5.69 Å². The van der Waals surface area contributed by atoms with Gasteiger partial charge in [-0.1, -0.05) is 54.0 Å². The largest absolute Gasteiger partial charge is 0.338 e. The van der Waals surface area contributed by atoms with Gasteiger partial charge in [0.1, 0.15) is 0 Å². The van der Waals surface area contributed by atoms with Crippen LogP contribution in [0.1, 0.15) is 37.3 Å². The molecule has 1 unspecified atom stereocenters. The third kappa shape index (κ3) is 4.52. The van der Waals surface area contributed by atoms with E-state index in [0.29, 0.717) is 19.0 Å². The third-order valence-electron chi connectivity index (χ3n) is 4.72. The molecule has 1 aliphatic heterocycles. The predicted molar refractivity (Wildman–Crippen MR) is 107 cm³/mol. The Morgan fingerprint density at radius 3 is 2.42 bits per heavy atom. The van der Waals surface area contributed by atoms with Gasteiger partial charge in [-0.05, 0) is 41.3 Å². The number of benzene rings is 2. The average Bonchev–Trinajstić information content (AvgIpc) is 2.98. The number of hydrogen-bond donors (Lipinski definition) is 1. The average molecular weight is 415 g/mol. The second-order valence-corrected chi connectivity index (χ2v) is 7.98. The Morgan fingerprint density at radius 2 is 1.81 bits per heavy atom. The number of anilines is 1.